The number of halogens is 4. The fourth-order valence-corrected chi connectivity index (χ4v) is 3.66. The highest BCUT2D eigenvalue weighted by atomic mass is 19.4. The van der Waals surface area contributed by atoms with Crippen LogP contribution in [-0.2, 0) is 11.8 Å². The van der Waals surface area contributed by atoms with Crippen LogP contribution in [0.1, 0.15) is 42.5 Å². The topological polar surface area (TPSA) is 29.5 Å². The lowest BCUT2D eigenvalue weighted by Gasteiger charge is -2.38. The number of aliphatic hydroxyl groups is 1. The molecule has 1 atom stereocenters. The van der Waals surface area contributed by atoms with Crippen LogP contribution in [0.3, 0.4) is 0 Å². The van der Waals surface area contributed by atoms with Gasteiger partial charge in [0.05, 0.1) is 7.11 Å². The van der Waals surface area contributed by atoms with Crippen LogP contribution in [0, 0.1) is 19.7 Å². The van der Waals surface area contributed by atoms with Gasteiger partial charge in [-0.15, -0.1) is 0 Å². The molecule has 0 saturated carbocycles. The van der Waals surface area contributed by atoms with Crippen molar-refractivity contribution in [1.29, 1.82) is 0 Å². The third kappa shape index (κ3) is 4.66. The zero-order valence-corrected chi connectivity index (χ0v) is 16.7. The second-order valence-electron chi connectivity index (χ2n) is 8.04. The van der Waals surface area contributed by atoms with E-state index in [0.29, 0.717) is 11.1 Å². The van der Waals surface area contributed by atoms with E-state index in [0.717, 1.165) is 11.6 Å². The summed E-state index contributed by atoms with van der Waals surface area (Å²) in [6.07, 6.45) is -6.08. The minimum atomic E-state index is -4.86. The van der Waals surface area contributed by atoms with Gasteiger partial charge >= 0.3 is 6.18 Å². The van der Waals surface area contributed by atoms with Gasteiger partial charge < -0.3 is 9.84 Å². The van der Waals surface area contributed by atoms with Gasteiger partial charge in [-0.05, 0) is 55.0 Å². The largest absolute Gasteiger partial charge is 0.496 e. The van der Waals surface area contributed by atoms with Gasteiger partial charge in [-0.1, -0.05) is 37.6 Å². The number of ether oxygens (including phenoxy) is 1. The first-order chi connectivity index (χ1) is 12.8. The molecule has 1 unspecified atom stereocenters. The van der Waals surface area contributed by atoms with Crippen LogP contribution < -0.4 is 4.74 Å². The molecule has 0 aliphatic heterocycles. The van der Waals surface area contributed by atoms with E-state index in [9.17, 15) is 22.7 Å². The SMILES string of the molecule is COc1ccc(F)cc1C(C)(C)CC(O)(Cc1ccc(C)cc1C)C(F)(F)F. The molecular formula is C22H26F4O2. The Labute approximate surface area is 163 Å². The van der Waals surface area contributed by atoms with Crippen LogP contribution in [0.15, 0.2) is 36.4 Å². The molecule has 0 aliphatic carbocycles. The van der Waals surface area contributed by atoms with E-state index in [1.165, 1.54) is 19.2 Å². The van der Waals surface area contributed by atoms with Crippen molar-refractivity contribution >= 4 is 0 Å². The molecule has 0 bridgehead atoms. The molecule has 2 aromatic rings. The molecule has 0 fully saturated rings. The molecule has 0 aliphatic rings. The first-order valence-electron chi connectivity index (χ1n) is 8.98. The Balaban J connectivity index is 2.47. The molecule has 0 amide bonds. The average Bonchev–Trinajstić information content (AvgIpc) is 2.56. The smallest absolute Gasteiger partial charge is 0.417 e. The molecule has 28 heavy (non-hydrogen) atoms. The highest BCUT2D eigenvalue weighted by Crippen LogP contribution is 2.45. The fraction of sp³-hybridized carbons (Fsp3) is 0.455. The van der Waals surface area contributed by atoms with Crippen molar-refractivity contribution in [2.24, 2.45) is 0 Å². The second kappa shape index (κ2) is 7.74. The molecule has 154 valence electrons. The Kier molecular flexibility index (Phi) is 6.14. The first kappa shape index (κ1) is 22.2. The minimum absolute atomic E-state index is 0.276. The summed E-state index contributed by atoms with van der Waals surface area (Å²) >= 11 is 0. The van der Waals surface area contributed by atoms with Gasteiger partial charge in [0.1, 0.15) is 11.6 Å². The van der Waals surface area contributed by atoms with Crippen LogP contribution in [0.5, 0.6) is 5.75 Å². The maximum atomic E-state index is 14.0. The van der Waals surface area contributed by atoms with E-state index >= 15 is 0 Å². The Morgan fingerprint density at radius 1 is 1.00 bits per heavy atom. The van der Waals surface area contributed by atoms with E-state index in [1.54, 1.807) is 39.0 Å². The molecule has 0 aromatic heterocycles. The van der Waals surface area contributed by atoms with Gasteiger partial charge in [0, 0.05) is 12.0 Å². The van der Waals surface area contributed by atoms with Crippen LogP contribution in [0.25, 0.3) is 0 Å². The van der Waals surface area contributed by atoms with Gasteiger partial charge in [-0.2, -0.15) is 13.2 Å². The van der Waals surface area contributed by atoms with Gasteiger partial charge in [0.2, 0.25) is 0 Å². The lowest BCUT2D eigenvalue weighted by molar-refractivity contribution is -0.266. The number of aryl methyl sites for hydroxylation is 2. The van der Waals surface area contributed by atoms with Gasteiger partial charge in [0.25, 0.3) is 0 Å². The standard InChI is InChI=1S/C22H26F4O2/c1-14-6-7-16(15(2)10-14)12-21(27,22(24,25)26)13-20(3,4)18-11-17(23)8-9-19(18)28-5/h6-11,27H,12-13H2,1-5H3. The number of rotatable bonds is 6. The number of hydrogen-bond acceptors (Lipinski definition) is 2. The molecule has 1 N–H and O–H groups in total. The zero-order valence-electron chi connectivity index (χ0n) is 16.7. The van der Waals surface area contributed by atoms with Crippen LogP contribution in [0.2, 0.25) is 0 Å². The molecule has 2 rings (SSSR count). The predicted octanol–water partition coefficient (Wildman–Crippen LogP) is 5.65. The lowest BCUT2D eigenvalue weighted by Crippen LogP contribution is -2.51. The van der Waals surface area contributed by atoms with E-state index < -0.39 is 35.9 Å². The summed E-state index contributed by atoms with van der Waals surface area (Å²) in [5.41, 5.74) is -1.86. The van der Waals surface area contributed by atoms with Crippen molar-refractivity contribution in [3.8, 4) is 5.75 Å². The summed E-state index contributed by atoms with van der Waals surface area (Å²) in [6.45, 7) is 6.66. The Hall–Kier alpha value is -2.08. The number of benzene rings is 2. The molecule has 0 spiro atoms. The molecule has 6 heteroatoms. The van der Waals surface area contributed by atoms with Crippen molar-refractivity contribution in [1.82, 2.24) is 0 Å². The predicted molar refractivity (Wildman–Crippen MR) is 101 cm³/mol. The Bertz CT molecular complexity index is 843. The van der Waals surface area contributed by atoms with Crippen molar-refractivity contribution in [3.63, 3.8) is 0 Å². The maximum Gasteiger partial charge on any atom is 0.417 e. The third-order valence-corrected chi connectivity index (χ3v) is 5.13. The molecule has 2 nitrogen and oxygen atoms in total. The molecular weight excluding hydrogens is 372 g/mol. The van der Waals surface area contributed by atoms with Gasteiger partial charge in [0.15, 0.2) is 5.60 Å². The van der Waals surface area contributed by atoms with Crippen molar-refractivity contribution < 1.29 is 27.4 Å². The summed E-state index contributed by atoms with van der Waals surface area (Å²) in [6, 6.07) is 8.84. The molecule has 0 radical (unpaired) electrons. The summed E-state index contributed by atoms with van der Waals surface area (Å²) in [7, 11) is 1.37. The number of alkyl halides is 3. The Morgan fingerprint density at radius 3 is 2.18 bits per heavy atom. The number of hydrogen-bond donors (Lipinski definition) is 1. The van der Waals surface area contributed by atoms with Crippen molar-refractivity contribution in [2.45, 2.75) is 57.7 Å². The van der Waals surface area contributed by atoms with Crippen LogP contribution in [0.4, 0.5) is 17.6 Å². The quantitative estimate of drug-likeness (QED) is 0.637. The summed E-state index contributed by atoms with van der Waals surface area (Å²) < 4.78 is 60.8. The lowest BCUT2D eigenvalue weighted by atomic mass is 9.72. The first-order valence-corrected chi connectivity index (χ1v) is 8.98. The summed E-state index contributed by atoms with van der Waals surface area (Å²) in [5.74, 6) is -0.295. The zero-order chi connectivity index (χ0) is 21.3. The van der Waals surface area contributed by atoms with Crippen LogP contribution in [-0.4, -0.2) is 24.0 Å². The van der Waals surface area contributed by atoms with Crippen molar-refractivity contribution in [2.75, 3.05) is 7.11 Å². The average molecular weight is 398 g/mol. The highest BCUT2D eigenvalue weighted by Gasteiger charge is 2.56. The normalized spacial score (nSPS) is 14.6. The number of methoxy groups -OCH3 is 1. The third-order valence-electron chi connectivity index (χ3n) is 5.13. The Morgan fingerprint density at radius 2 is 1.64 bits per heavy atom. The van der Waals surface area contributed by atoms with E-state index in [2.05, 4.69) is 0 Å². The monoisotopic (exact) mass is 398 g/mol. The van der Waals surface area contributed by atoms with Gasteiger partial charge in [-0.3, -0.25) is 0 Å². The fourth-order valence-electron chi connectivity index (χ4n) is 3.66. The highest BCUT2D eigenvalue weighted by molar-refractivity contribution is 5.40. The van der Waals surface area contributed by atoms with E-state index in [4.69, 9.17) is 4.74 Å². The second-order valence-corrected chi connectivity index (χ2v) is 8.04. The van der Waals surface area contributed by atoms with E-state index in [1.807, 2.05) is 6.92 Å². The minimum Gasteiger partial charge on any atom is -0.496 e. The summed E-state index contributed by atoms with van der Waals surface area (Å²) in [4.78, 5) is 0. The molecule has 2 aromatic carbocycles. The molecule has 0 saturated heterocycles. The summed E-state index contributed by atoms with van der Waals surface area (Å²) in [5, 5.41) is 10.8. The van der Waals surface area contributed by atoms with Crippen LogP contribution >= 0.6 is 0 Å². The van der Waals surface area contributed by atoms with Crippen molar-refractivity contribution in [3.05, 3.63) is 64.5 Å². The van der Waals surface area contributed by atoms with Gasteiger partial charge in [-0.25, -0.2) is 4.39 Å². The maximum absolute atomic E-state index is 14.0. The van der Waals surface area contributed by atoms with E-state index in [-0.39, 0.29) is 11.3 Å². The molecule has 0 heterocycles.